The van der Waals surface area contributed by atoms with Gasteiger partial charge in [0.2, 0.25) is 0 Å². The van der Waals surface area contributed by atoms with E-state index in [1.54, 1.807) is 10.7 Å². The molecule has 4 nitrogen and oxygen atoms in total. The van der Waals surface area contributed by atoms with Gasteiger partial charge in [-0.2, -0.15) is 0 Å². The van der Waals surface area contributed by atoms with Gasteiger partial charge in [-0.1, -0.05) is 47.1 Å². The lowest BCUT2D eigenvalue weighted by molar-refractivity contribution is 0.851. The van der Waals surface area contributed by atoms with Crippen LogP contribution in [0.3, 0.4) is 0 Å². The van der Waals surface area contributed by atoms with Crippen molar-refractivity contribution in [3.05, 3.63) is 47.9 Å². The van der Waals surface area contributed by atoms with Crippen molar-refractivity contribution >= 4 is 17.1 Å². The van der Waals surface area contributed by atoms with E-state index < -0.39 is 0 Å². The highest BCUT2D eigenvalue weighted by molar-refractivity contribution is 6.32. The Kier molecular flexibility index (Phi) is 2.08. The minimum absolute atomic E-state index is 0.409. The maximum atomic E-state index is 6.04. The van der Waals surface area contributed by atoms with Crippen molar-refractivity contribution in [2.45, 2.75) is 0 Å². The maximum absolute atomic E-state index is 6.04. The smallest absolute Gasteiger partial charge is 0.157 e. The molecule has 3 aromatic rings. The first-order valence-electron chi connectivity index (χ1n) is 4.76. The molecule has 0 saturated heterocycles. The molecule has 2 aromatic heterocycles. The van der Waals surface area contributed by atoms with Gasteiger partial charge in [0.05, 0.1) is 18.1 Å². The summed E-state index contributed by atoms with van der Waals surface area (Å²) in [7, 11) is 0. The van der Waals surface area contributed by atoms with Gasteiger partial charge >= 0.3 is 0 Å². The van der Waals surface area contributed by atoms with E-state index in [9.17, 15) is 0 Å². The van der Waals surface area contributed by atoms with Gasteiger partial charge in [0.15, 0.2) is 5.15 Å². The SMILES string of the molecule is Clc1nc(-c2ccccc2)cn2nncc12. The minimum Gasteiger partial charge on any atom is -0.232 e. The van der Waals surface area contributed by atoms with Crippen LogP contribution in [-0.2, 0) is 0 Å². The maximum Gasteiger partial charge on any atom is 0.157 e. The Labute approximate surface area is 96.5 Å². The molecule has 0 radical (unpaired) electrons. The van der Waals surface area contributed by atoms with Crippen LogP contribution in [0, 0.1) is 0 Å². The molecule has 1 aromatic carbocycles. The van der Waals surface area contributed by atoms with E-state index in [0.717, 1.165) is 11.3 Å². The average Bonchev–Trinajstić information content (AvgIpc) is 2.79. The number of fused-ring (bicyclic) bond motifs is 1. The Bertz CT molecular complexity index is 633. The van der Waals surface area contributed by atoms with Gasteiger partial charge in [-0.05, 0) is 0 Å². The van der Waals surface area contributed by atoms with Gasteiger partial charge < -0.3 is 0 Å². The standard InChI is InChI=1S/C11H7ClN4/c12-11-10-6-13-15-16(10)7-9(14-11)8-4-2-1-3-5-8/h1-7H. The topological polar surface area (TPSA) is 43.1 Å². The minimum atomic E-state index is 0.409. The van der Waals surface area contributed by atoms with Gasteiger partial charge in [0.1, 0.15) is 5.52 Å². The monoisotopic (exact) mass is 230 g/mol. The Hall–Kier alpha value is -1.94. The van der Waals surface area contributed by atoms with E-state index in [1.165, 1.54) is 0 Å². The van der Waals surface area contributed by atoms with Gasteiger partial charge in [-0.3, -0.25) is 0 Å². The third-order valence-corrected chi connectivity index (χ3v) is 2.60. The lowest BCUT2D eigenvalue weighted by atomic mass is 10.2. The highest BCUT2D eigenvalue weighted by Gasteiger charge is 2.06. The summed E-state index contributed by atoms with van der Waals surface area (Å²) in [5.74, 6) is 0. The molecular weight excluding hydrogens is 224 g/mol. The van der Waals surface area contributed by atoms with Crippen LogP contribution in [0.25, 0.3) is 16.8 Å². The van der Waals surface area contributed by atoms with E-state index in [4.69, 9.17) is 11.6 Å². The van der Waals surface area contributed by atoms with Crippen LogP contribution in [0.2, 0.25) is 5.15 Å². The van der Waals surface area contributed by atoms with E-state index >= 15 is 0 Å². The first kappa shape index (κ1) is 9.30. The van der Waals surface area contributed by atoms with Crippen molar-refractivity contribution in [3.63, 3.8) is 0 Å². The molecule has 0 spiro atoms. The number of benzene rings is 1. The Balaban J connectivity index is 2.25. The molecule has 0 aliphatic carbocycles. The molecule has 16 heavy (non-hydrogen) atoms. The van der Waals surface area contributed by atoms with Crippen molar-refractivity contribution in [1.29, 1.82) is 0 Å². The molecule has 3 rings (SSSR count). The summed E-state index contributed by atoms with van der Waals surface area (Å²) in [5, 5.41) is 8.10. The van der Waals surface area contributed by atoms with Crippen LogP contribution in [0.4, 0.5) is 0 Å². The van der Waals surface area contributed by atoms with Crippen LogP contribution >= 0.6 is 11.6 Å². The van der Waals surface area contributed by atoms with Gasteiger partial charge in [0.25, 0.3) is 0 Å². The Morgan fingerprint density at radius 3 is 2.75 bits per heavy atom. The predicted molar refractivity (Wildman–Crippen MR) is 61.2 cm³/mol. The summed E-state index contributed by atoms with van der Waals surface area (Å²) >= 11 is 6.04. The van der Waals surface area contributed by atoms with Crippen LogP contribution in [0.5, 0.6) is 0 Å². The van der Waals surface area contributed by atoms with Gasteiger partial charge in [-0.25, -0.2) is 9.50 Å². The lowest BCUT2D eigenvalue weighted by Gasteiger charge is -2.02. The second-order valence-electron chi connectivity index (χ2n) is 3.35. The average molecular weight is 231 g/mol. The second-order valence-corrected chi connectivity index (χ2v) is 3.70. The van der Waals surface area contributed by atoms with Crippen molar-refractivity contribution in [2.24, 2.45) is 0 Å². The number of hydrogen-bond acceptors (Lipinski definition) is 3. The normalized spacial score (nSPS) is 10.8. The zero-order valence-electron chi connectivity index (χ0n) is 8.21. The Morgan fingerprint density at radius 1 is 1.12 bits per heavy atom. The Morgan fingerprint density at radius 2 is 1.94 bits per heavy atom. The zero-order valence-corrected chi connectivity index (χ0v) is 8.96. The molecule has 0 aliphatic rings. The zero-order chi connectivity index (χ0) is 11.0. The highest BCUT2D eigenvalue weighted by atomic mass is 35.5. The van der Waals surface area contributed by atoms with Crippen LogP contribution in [-0.4, -0.2) is 19.8 Å². The van der Waals surface area contributed by atoms with Crippen LogP contribution in [0.1, 0.15) is 0 Å². The quantitative estimate of drug-likeness (QED) is 0.645. The van der Waals surface area contributed by atoms with Gasteiger partial charge in [-0.15, -0.1) is 5.10 Å². The van der Waals surface area contributed by atoms with Crippen molar-refractivity contribution in [2.75, 3.05) is 0 Å². The lowest BCUT2D eigenvalue weighted by Crippen LogP contribution is -1.93. The van der Waals surface area contributed by atoms with E-state index in [2.05, 4.69) is 15.3 Å². The molecule has 0 aliphatic heterocycles. The molecule has 5 heteroatoms. The molecule has 0 unspecified atom stereocenters. The first-order valence-corrected chi connectivity index (χ1v) is 5.14. The van der Waals surface area contributed by atoms with Crippen LogP contribution < -0.4 is 0 Å². The van der Waals surface area contributed by atoms with Crippen LogP contribution in [0.15, 0.2) is 42.7 Å². The van der Waals surface area contributed by atoms with Crippen molar-refractivity contribution in [3.8, 4) is 11.3 Å². The van der Waals surface area contributed by atoms with E-state index in [1.807, 2.05) is 36.5 Å². The highest BCUT2D eigenvalue weighted by Crippen LogP contribution is 2.21. The van der Waals surface area contributed by atoms with Gasteiger partial charge in [0, 0.05) is 5.56 Å². The number of halogens is 1. The number of nitrogens with zero attached hydrogens (tertiary/aromatic N) is 4. The molecule has 0 atom stereocenters. The third kappa shape index (κ3) is 1.44. The molecule has 0 bridgehead atoms. The fourth-order valence-corrected chi connectivity index (χ4v) is 1.77. The van der Waals surface area contributed by atoms with E-state index in [0.29, 0.717) is 10.7 Å². The number of aromatic nitrogens is 4. The number of rotatable bonds is 1. The summed E-state index contributed by atoms with van der Waals surface area (Å²) in [6.45, 7) is 0. The molecule has 2 heterocycles. The summed E-state index contributed by atoms with van der Waals surface area (Å²) in [5.41, 5.74) is 2.49. The number of hydrogen-bond donors (Lipinski definition) is 0. The van der Waals surface area contributed by atoms with Crippen molar-refractivity contribution < 1.29 is 0 Å². The molecular formula is C11H7ClN4. The molecule has 0 fully saturated rings. The largest absolute Gasteiger partial charge is 0.232 e. The molecule has 0 saturated carbocycles. The fourth-order valence-electron chi connectivity index (χ4n) is 1.54. The third-order valence-electron chi connectivity index (χ3n) is 2.32. The molecule has 0 N–H and O–H groups in total. The predicted octanol–water partition coefficient (Wildman–Crippen LogP) is 2.44. The van der Waals surface area contributed by atoms with E-state index in [-0.39, 0.29) is 0 Å². The summed E-state index contributed by atoms with van der Waals surface area (Å²) in [6.07, 6.45) is 3.40. The first-order chi connectivity index (χ1) is 7.84. The molecule has 0 amide bonds. The fraction of sp³-hybridized carbons (Fsp3) is 0. The molecule has 78 valence electrons. The summed E-state index contributed by atoms with van der Waals surface area (Å²) in [4.78, 5) is 4.31. The second kappa shape index (κ2) is 3.57. The summed E-state index contributed by atoms with van der Waals surface area (Å²) < 4.78 is 1.62. The summed E-state index contributed by atoms with van der Waals surface area (Å²) in [6, 6.07) is 9.81. The van der Waals surface area contributed by atoms with Crippen molar-refractivity contribution in [1.82, 2.24) is 19.8 Å².